The maximum Gasteiger partial charge on any atom is 0.416 e. The van der Waals surface area contributed by atoms with Crippen LogP contribution >= 0.6 is 0 Å². The minimum Gasteiger partial charge on any atom is -0.493 e. The van der Waals surface area contributed by atoms with Crippen LogP contribution in [0.25, 0.3) is 11.1 Å². The molecule has 67 heavy (non-hydrogen) atoms. The van der Waals surface area contributed by atoms with Crippen LogP contribution in [0.5, 0.6) is 5.75 Å². The highest BCUT2D eigenvalue weighted by molar-refractivity contribution is 6.07. The third-order valence-electron chi connectivity index (χ3n) is 11.9. The molecule has 2 aromatic heterocycles. The van der Waals surface area contributed by atoms with Gasteiger partial charge < -0.3 is 49.9 Å². The summed E-state index contributed by atoms with van der Waals surface area (Å²) >= 11 is 0. The fourth-order valence-corrected chi connectivity index (χ4v) is 8.50. The number of nitrogen functional groups attached to an aromatic ring is 1. The average molecular weight is 905 g/mol. The Morgan fingerprint density at radius 3 is 2.15 bits per heavy atom. The summed E-state index contributed by atoms with van der Waals surface area (Å²) in [6, 6.07) is 28.4. The summed E-state index contributed by atoms with van der Waals surface area (Å²) in [4.78, 5) is 70.6. The van der Waals surface area contributed by atoms with Crippen LogP contribution in [0.2, 0.25) is 0 Å². The fourth-order valence-electron chi connectivity index (χ4n) is 8.50. The van der Waals surface area contributed by atoms with E-state index in [4.69, 9.17) is 19.9 Å². The number of rotatable bonds is 14. The van der Waals surface area contributed by atoms with Crippen molar-refractivity contribution in [1.29, 1.82) is 0 Å². The summed E-state index contributed by atoms with van der Waals surface area (Å²) < 4.78 is 21.1. The third kappa shape index (κ3) is 9.79. The molecule has 6 aromatic rings. The SMILES string of the molecule is C=CCOC(=O)N1c2cc(OCCCC(=O)Nc3cc(C(=O)Nc4ccc(-c5cc(C(=O)Nc6ccc(N)cc6)n(C)c5)cc4)n(C)c3)c(C)cc2C(=O)N2Cc3ccccc3C[C@H]2C1OC. The largest absolute Gasteiger partial charge is 0.493 e. The van der Waals surface area contributed by atoms with Crippen LogP contribution in [0.15, 0.2) is 122 Å². The molecule has 16 heteroatoms. The molecule has 0 aliphatic carbocycles. The standard InChI is InChI=1S/C51H52N8O8/c1-6-21-67-51(64)59-41-27-45(31(2)23-40(41)49(63)58-29-34-11-8-7-10-33(34)24-44(58)50(59)65-5)66-22-9-12-46(60)53-39-26-43(57(4)30-39)48(62)54-37-17-13-32(14-18-37)35-25-42(56(3)28-35)47(61)55-38-19-15-36(52)16-20-38/h6-8,10-11,13-20,23,25-28,30,44,50H,1,9,12,21-22,24,29,52H2,2-5H3,(H,53,60)(H,54,62)(H,55,61)/t44-,50?/m0/s1. The fraction of sp³-hybridized carbons (Fsp3) is 0.235. The smallest absolute Gasteiger partial charge is 0.416 e. The van der Waals surface area contributed by atoms with Crippen LogP contribution in [-0.4, -0.2) is 76.3 Å². The third-order valence-corrected chi connectivity index (χ3v) is 11.9. The van der Waals surface area contributed by atoms with E-state index in [1.807, 2.05) is 49.5 Å². The van der Waals surface area contributed by atoms with Gasteiger partial charge in [0.25, 0.3) is 17.7 Å². The van der Waals surface area contributed by atoms with Gasteiger partial charge in [0.1, 0.15) is 23.7 Å². The van der Waals surface area contributed by atoms with Crippen molar-refractivity contribution in [2.24, 2.45) is 14.1 Å². The van der Waals surface area contributed by atoms with Crippen molar-refractivity contribution in [2.45, 2.75) is 45.0 Å². The van der Waals surface area contributed by atoms with Gasteiger partial charge in [0.2, 0.25) is 5.91 Å². The lowest BCUT2D eigenvalue weighted by atomic mass is 9.92. The maximum atomic E-state index is 14.3. The molecule has 0 radical (unpaired) electrons. The summed E-state index contributed by atoms with van der Waals surface area (Å²) in [5, 5.41) is 8.66. The molecule has 0 bridgehead atoms. The van der Waals surface area contributed by atoms with Crippen LogP contribution < -0.4 is 31.3 Å². The van der Waals surface area contributed by atoms with E-state index in [0.717, 1.165) is 22.3 Å². The average Bonchev–Trinajstić information content (AvgIpc) is 3.88. The molecule has 4 heterocycles. The van der Waals surface area contributed by atoms with Crippen molar-refractivity contribution >= 4 is 58.2 Å². The van der Waals surface area contributed by atoms with Crippen molar-refractivity contribution < 1.29 is 38.2 Å². The summed E-state index contributed by atoms with van der Waals surface area (Å²) in [7, 11) is 5.02. The molecular weight excluding hydrogens is 853 g/mol. The first-order chi connectivity index (χ1) is 32.3. The molecule has 0 fully saturated rings. The zero-order valence-corrected chi connectivity index (χ0v) is 37.7. The molecule has 2 atom stereocenters. The molecule has 2 aliphatic rings. The number of methoxy groups -OCH3 is 1. The predicted octanol–water partition coefficient (Wildman–Crippen LogP) is 7.91. The van der Waals surface area contributed by atoms with Gasteiger partial charge in [-0.25, -0.2) is 9.69 Å². The zero-order chi connectivity index (χ0) is 47.4. The Balaban J connectivity index is 0.868. The van der Waals surface area contributed by atoms with Crippen LogP contribution in [0.4, 0.5) is 33.2 Å². The van der Waals surface area contributed by atoms with Crippen LogP contribution in [0, 0.1) is 6.92 Å². The Hall–Kier alpha value is -8.11. The number of nitrogens with zero attached hydrogens (tertiary/aromatic N) is 4. The van der Waals surface area contributed by atoms with Crippen molar-refractivity contribution in [1.82, 2.24) is 14.0 Å². The van der Waals surface area contributed by atoms with Crippen LogP contribution in [-0.2, 0) is 41.3 Å². The number of nitrogens with one attached hydrogen (secondary N) is 3. The Morgan fingerprint density at radius 2 is 1.46 bits per heavy atom. The maximum absolute atomic E-state index is 14.3. The number of carbonyl (C=O) groups excluding carboxylic acids is 5. The highest BCUT2D eigenvalue weighted by Gasteiger charge is 2.46. The number of carbonyl (C=O) groups is 5. The van der Waals surface area contributed by atoms with E-state index in [0.29, 0.717) is 76.1 Å². The zero-order valence-electron chi connectivity index (χ0n) is 37.7. The highest BCUT2D eigenvalue weighted by Crippen LogP contribution is 2.40. The first-order valence-corrected chi connectivity index (χ1v) is 21.8. The Labute approximate surface area is 387 Å². The molecule has 0 saturated carbocycles. The number of anilines is 5. The first-order valence-electron chi connectivity index (χ1n) is 21.8. The minimum atomic E-state index is -0.869. The van der Waals surface area contributed by atoms with Gasteiger partial charge in [-0.15, -0.1) is 0 Å². The number of hydrogen-bond acceptors (Lipinski definition) is 9. The molecular formula is C51H52N8O8. The van der Waals surface area contributed by atoms with E-state index in [-0.39, 0.29) is 43.3 Å². The van der Waals surface area contributed by atoms with Gasteiger partial charge in [-0.3, -0.25) is 19.2 Å². The molecule has 0 spiro atoms. The Kier molecular flexibility index (Phi) is 13.3. The van der Waals surface area contributed by atoms with E-state index < -0.39 is 18.4 Å². The number of aryl methyl sites for hydroxylation is 3. The molecule has 8 rings (SSSR count). The van der Waals surface area contributed by atoms with Crippen LogP contribution in [0.3, 0.4) is 0 Å². The van der Waals surface area contributed by atoms with Crippen molar-refractivity contribution in [3.8, 4) is 16.9 Å². The van der Waals surface area contributed by atoms with E-state index in [1.54, 1.807) is 95.0 Å². The molecule has 2 aliphatic heterocycles. The normalized spacial score (nSPS) is 15.1. The van der Waals surface area contributed by atoms with Crippen molar-refractivity contribution in [2.75, 3.05) is 46.9 Å². The molecule has 1 unspecified atom stereocenters. The first kappa shape index (κ1) is 45.5. The van der Waals surface area contributed by atoms with Gasteiger partial charge in [-0.1, -0.05) is 49.1 Å². The van der Waals surface area contributed by atoms with Gasteiger partial charge in [0, 0.05) is 75.3 Å². The lowest BCUT2D eigenvalue weighted by Gasteiger charge is -2.41. The van der Waals surface area contributed by atoms with E-state index in [1.165, 1.54) is 18.1 Å². The Bertz CT molecular complexity index is 2870. The van der Waals surface area contributed by atoms with Crippen molar-refractivity contribution in [3.63, 3.8) is 0 Å². The molecule has 5 amide bonds. The minimum absolute atomic E-state index is 0.0366. The van der Waals surface area contributed by atoms with Gasteiger partial charge in [-0.05, 0) is 96.6 Å². The number of amides is 5. The van der Waals surface area contributed by atoms with Gasteiger partial charge >= 0.3 is 6.09 Å². The highest BCUT2D eigenvalue weighted by atomic mass is 16.6. The van der Waals surface area contributed by atoms with Crippen molar-refractivity contribution in [3.05, 3.63) is 156 Å². The molecule has 5 N–H and O–H groups in total. The monoisotopic (exact) mass is 904 g/mol. The molecule has 16 nitrogen and oxygen atoms in total. The molecule has 4 aromatic carbocycles. The second-order valence-electron chi connectivity index (χ2n) is 16.5. The number of aromatic nitrogens is 2. The summed E-state index contributed by atoms with van der Waals surface area (Å²) in [5.41, 5.74) is 13.9. The summed E-state index contributed by atoms with van der Waals surface area (Å²) in [6.45, 7) is 5.97. The number of ether oxygens (including phenoxy) is 3. The number of fused-ring (bicyclic) bond motifs is 3. The van der Waals surface area contributed by atoms with E-state index >= 15 is 0 Å². The lowest BCUT2D eigenvalue weighted by molar-refractivity contribution is -0.116. The lowest BCUT2D eigenvalue weighted by Crippen LogP contribution is -2.56. The van der Waals surface area contributed by atoms with Gasteiger partial charge in [-0.2, -0.15) is 0 Å². The van der Waals surface area contributed by atoms with Crippen LogP contribution in [0.1, 0.15) is 60.9 Å². The summed E-state index contributed by atoms with van der Waals surface area (Å²) in [5.74, 6) is -0.704. The van der Waals surface area contributed by atoms with Gasteiger partial charge in [0.15, 0.2) is 6.23 Å². The topological polar surface area (TPSA) is 191 Å². The number of hydrogen-bond donors (Lipinski definition) is 4. The Morgan fingerprint density at radius 1 is 0.806 bits per heavy atom. The summed E-state index contributed by atoms with van der Waals surface area (Å²) in [6.07, 6.45) is 4.37. The van der Waals surface area contributed by atoms with Gasteiger partial charge in [0.05, 0.1) is 29.6 Å². The second-order valence-corrected chi connectivity index (χ2v) is 16.5. The predicted molar refractivity (Wildman–Crippen MR) is 256 cm³/mol. The molecule has 344 valence electrons. The number of benzene rings is 4. The second kappa shape index (κ2) is 19.6. The molecule has 0 saturated heterocycles. The quantitative estimate of drug-likeness (QED) is 0.0478. The van der Waals surface area contributed by atoms with E-state index in [9.17, 15) is 24.0 Å². The van der Waals surface area contributed by atoms with E-state index in [2.05, 4.69) is 22.5 Å². The number of nitrogens with two attached hydrogens (primary N) is 1.